The van der Waals surface area contributed by atoms with E-state index in [1.54, 1.807) is 30.5 Å². The summed E-state index contributed by atoms with van der Waals surface area (Å²) < 4.78 is 5.04. The van der Waals surface area contributed by atoms with E-state index < -0.39 is 17.7 Å². The number of Topliss-reactive ketones (excluding diaryl/α,β-unsaturated/α-hetero) is 1. The second-order valence-corrected chi connectivity index (χ2v) is 6.04. The van der Waals surface area contributed by atoms with Gasteiger partial charge >= 0.3 is 0 Å². The molecular weight excluding hydrogens is 322 g/mol. The molecule has 130 valence electrons. The zero-order chi connectivity index (χ0) is 17.8. The SMILES string of the molecule is COc1ccc([C@H](NC(=O)C(=O)c2cccnc2)C2CC(O)C2)cn1. The zero-order valence-corrected chi connectivity index (χ0v) is 13.8. The minimum Gasteiger partial charge on any atom is -0.481 e. The van der Waals surface area contributed by atoms with E-state index in [9.17, 15) is 14.7 Å². The summed E-state index contributed by atoms with van der Waals surface area (Å²) in [6.45, 7) is 0. The Labute approximate surface area is 145 Å². The van der Waals surface area contributed by atoms with Gasteiger partial charge in [-0.3, -0.25) is 14.6 Å². The summed E-state index contributed by atoms with van der Waals surface area (Å²) >= 11 is 0. The van der Waals surface area contributed by atoms with Gasteiger partial charge in [0.15, 0.2) is 0 Å². The van der Waals surface area contributed by atoms with Crippen molar-refractivity contribution in [1.82, 2.24) is 15.3 Å². The normalized spacial score (nSPS) is 20.2. The van der Waals surface area contributed by atoms with Crippen molar-refractivity contribution in [2.45, 2.75) is 25.0 Å². The Morgan fingerprint density at radius 2 is 2.08 bits per heavy atom. The quantitative estimate of drug-likeness (QED) is 0.606. The van der Waals surface area contributed by atoms with Crippen molar-refractivity contribution in [3.63, 3.8) is 0 Å². The number of hydrogen-bond acceptors (Lipinski definition) is 6. The number of rotatable bonds is 6. The lowest BCUT2D eigenvalue weighted by Gasteiger charge is -2.38. The van der Waals surface area contributed by atoms with Crippen molar-refractivity contribution in [2.75, 3.05) is 7.11 Å². The zero-order valence-electron chi connectivity index (χ0n) is 13.8. The highest BCUT2D eigenvalue weighted by atomic mass is 16.5. The molecule has 0 spiro atoms. The topological polar surface area (TPSA) is 101 Å². The number of hydrogen-bond donors (Lipinski definition) is 2. The van der Waals surface area contributed by atoms with Gasteiger partial charge in [-0.25, -0.2) is 4.98 Å². The number of carbonyl (C=O) groups excluding carboxylic acids is 2. The van der Waals surface area contributed by atoms with Crippen LogP contribution in [0.2, 0.25) is 0 Å². The van der Waals surface area contributed by atoms with Gasteiger partial charge in [0.1, 0.15) is 0 Å². The van der Waals surface area contributed by atoms with E-state index >= 15 is 0 Å². The standard InChI is InChI=1S/C18H19N3O4/c1-25-15-5-4-11(10-20-15)16(13-7-14(22)8-13)21-18(24)17(23)12-3-2-6-19-9-12/h2-6,9-10,13-14,16,22H,7-8H2,1H3,(H,21,24)/t13?,14?,16-/m0/s1. The van der Waals surface area contributed by atoms with Crippen LogP contribution in [-0.4, -0.2) is 40.0 Å². The largest absolute Gasteiger partial charge is 0.481 e. The molecule has 2 aromatic heterocycles. The third kappa shape index (κ3) is 3.83. The fourth-order valence-corrected chi connectivity index (χ4v) is 2.91. The van der Waals surface area contributed by atoms with E-state index in [4.69, 9.17) is 4.74 Å². The molecule has 0 aromatic carbocycles. The number of nitrogens with zero attached hydrogens (tertiary/aromatic N) is 2. The molecule has 25 heavy (non-hydrogen) atoms. The van der Waals surface area contributed by atoms with Gasteiger partial charge in [-0.1, -0.05) is 6.07 Å². The first-order valence-electron chi connectivity index (χ1n) is 8.01. The molecule has 1 aliphatic rings. The average Bonchev–Trinajstić information content (AvgIpc) is 2.64. The first-order chi connectivity index (χ1) is 12.1. The van der Waals surface area contributed by atoms with Crippen LogP contribution in [0.1, 0.15) is 34.8 Å². The minimum absolute atomic E-state index is 0.0517. The van der Waals surface area contributed by atoms with Crippen LogP contribution < -0.4 is 10.1 Å². The molecule has 0 saturated heterocycles. The second-order valence-electron chi connectivity index (χ2n) is 6.04. The lowest BCUT2D eigenvalue weighted by atomic mass is 9.75. The molecule has 0 unspecified atom stereocenters. The fourth-order valence-electron chi connectivity index (χ4n) is 2.91. The van der Waals surface area contributed by atoms with Crippen molar-refractivity contribution < 1.29 is 19.4 Å². The number of methoxy groups -OCH3 is 1. The summed E-state index contributed by atoms with van der Waals surface area (Å²) in [4.78, 5) is 32.7. The Bertz CT molecular complexity index is 743. The molecule has 1 aliphatic carbocycles. The summed E-state index contributed by atoms with van der Waals surface area (Å²) in [5, 5.41) is 12.4. The van der Waals surface area contributed by atoms with Crippen molar-refractivity contribution in [1.29, 1.82) is 0 Å². The highest BCUT2D eigenvalue weighted by molar-refractivity contribution is 6.42. The number of ketones is 1. The Hall–Kier alpha value is -2.80. The van der Waals surface area contributed by atoms with Crippen LogP contribution in [-0.2, 0) is 4.79 Å². The number of aliphatic hydroxyl groups excluding tert-OH is 1. The minimum atomic E-state index is -0.699. The summed E-state index contributed by atoms with van der Waals surface area (Å²) in [7, 11) is 1.52. The first kappa shape index (κ1) is 17.0. The highest BCUT2D eigenvalue weighted by Crippen LogP contribution is 2.38. The third-order valence-corrected chi connectivity index (χ3v) is 4.37. The fraction of sp³-hybridized carbons (Fsp3) is 0.333. The third-order valence-electron chi connectivity index (χ3n) is 4.37. The molecular formula is C18H19N3O4. The predicted octanol–water partition coefficient (Wildman–Crippen LogP) is 1.30. The molecule has 1 saturated carbocycles. The number of nitrogens with one attached hydrogen (secondary N) is 1. The van der Waals surface area contributed by atoms with Gasteiger partial charge in [0.2, 0.25) is 5.88 Å². The molecule has 0 radical (unpaired) electrons. The van der Waals surface area contributed by atoms with E-state index in [0.29, 0.717) is 18.7 Å². The van der Waals surface area contributed by atoms with E-state index in [1.165, 1.54) is 19.5 Å². The van der Waals surface area contributed by atoms with Crippen molar-refractivity contribution in [3.05, 3.63) is 54.0 Å². The van der Waals surface area contributed by atoms with Crippen LogP contribution in [0.25, 0.3) is 0 Å². The molecule has 2 aromatic rings. The van der Waals surface area contributed by atoms with Crippen molar-refractivity contribution in [2.24, 2.45) is 5.92 Å². The van der Waals surface area contributed by atoms with Gasteiger partial charge < -0.3 is 15.2 Å². The van der Waals surface area contributed by atoms with Gasteiger partial charge in [0.05, 0.1) is 19.3 Å². The molecule has 2 N–H and O–H groups in total. The molecule has 1 amide bonds. The molecule has 1 fully saturated rings. The van der Waals surface area contributed by atoms with E-state index in [0.717, 1.165) is 5.56 Å². The number of pyridine rings is 2. The number of carbonyl (C=O) groups is 2. The smallest absolute Gasteiger partial charge is 0.292 e. The molecule has 1 atom stereocenters. The maximum Gasteiger partial charge on any atom is 0.292 e. The van der Waals surface area contributed by atoms with Crippen LogP contribution in [0.15, 0.2) is 42.9 Å². The Morgan fingerprint density at radius 1 is 1.28 bits per heavy atom. The number of aromatic nitrogens is 2. The molecule has 3 rings (SSSR count). The summed E-state index contributed by atoms with van der Waals surface area (Å²) in [6, 6.07) is 6.26. The Morgan fingerprint density at radius 3 is 2.64 bits per heavy atom. The lowest BCUT2D eigenvalue weighted by molar-refractivity contribution is -0.118. The number of amides is 1. The van der Waals surface area contributed by atoms with Crippen molar-refractivity contribution >= 4 is 11.7 Å². The van der Waals surface area contributed by atoms with E-state index in [2.05, 4.69) is 15.3 Å². The Balaban J connectivity index is 1.77. The van der Waals surface area contributed by atoms with Crippen LogP contribution in [0.3, 0.4) is 0 Å². The van der Waals surface area contributed by atoms with Crippen LogP contribution in [0, 0.1) is 5.92 Å². The number of aliphatic hydroxyl groups is 1. The number of ether oxygens (including phenoxy) is 1. The van der Waals surface area contributed by atoms with Crippen LogP contribution >= 0.6 is 0 Å². The predicted molar refractivity (Wildman–Crippen MR) is 89.0 cm³/mol. The van der Waals surface area contributed by atoms with Gasteiger partial charge in [0.25, 0.3) is 11.7 Å². The summed E-state index contributed by atoms with van der Waals surface area (Å²) in [5.41, 5.74) is 1.00. The Kier molecular flexibility index (Phi) is 5.04. The second kappa shape index (κ2) is 7.40. The van der Waals surface area contributed by atoms with Gasteiger partial charge in [-0.2, -0.15) is 0 Å². The maximum atomic E-state index is 12.4. The molecule has 0 aliphatic heterocycles. The highest BCUT2D eigenvalue weighted by Gasteiger charge is 2.36. The average molecular weight is 341 g/mol. The van der Waals surface area contributed by atoms with Crippen molar-refractivity contribution in [3.8, 4) is 5.88 Å². The lowest BCUT2D eigenvalue weighted by Crippen LogP contribution is -2.43. The van der Waals surface area contributed by atoms with E-state index in [-0.39, 0.29) is 17.6 Å². The molecule has 0 bridgehead atoms. The summed E-state index contributed by atoms with van der Waals surface area (Å²) in [6.07, 6.45) is 5.28. The van der Waals surface area contributed by atoms with Gasteiger partial charge in [0, 0.05) is 30.2 Å². The molecule has 7 nitrogen and oxygen atoms in total. The van der Waals surface area contributed by atoms with E-state index in [1.807, 2.05) is 0 Å². The first-order valence-corrected chi connectivity index (χ1v) is 8.01. The van der Waals surface area contributed by atoms with Crippen LogP contribution in [0.4, 0.5) is 0 Å². The van der Waals surface area contributed by atoms with Gasteiger partial charge in [-0.05, 0) is 36.5 Å². The van der Waals surface area contributed by atoms with Crippen LogP contribution in [0.5, 0.6) is 5.88 Å². The molecule has 7 heteroatoms. The maximum absolute atomic E-state index is 12.4. The van der Waals surface area contributed by atoms with Gasteiger partial charge in [-0.15, -0.1) is 0 Å². The monoisotopic (exact) mass is 341 g/mol. The molecule has 2 heterocycles. The summed E-state index contributed by atoms with van der Waals surface area (Å²) in [5.74, 6) is -0.820.